The van der Waals surface area contributed by atoms with Crippen LogP contribution < -0.4 is 0 Å². The van der Waals surface area contributed by atoms with Crippen molar-refractivity contribution in [3.05, 3.63) is 0 Å². The Labute approximate surface area is 56.2 Å². The summed E-state index contributed by atoms with van der Waals surface area (Å²) in [6.07, 6.45) is 1.93. The van der Waals surface area contributed by atoms with Crippen molar-refractivity contribution in [3.63, 3.8) is 0 Å². The van der Waals surface area contributed by atoms with E-state index in [1.54, 1.807) is 6.92 Å². The van der Waals surface area contributed by atoms with E-state index in [1.165, 1.54) is 0 Å². The van der Waals surface area contributed by atoms with Gasteiger partial charge >= 0.3 is 0 Å². The number of halogens is 1. The maximum absolute atomic E-state index is 11.7. The van der Waals surface area contributed by atoms with Gasteiger partial charge in [-0.2, -0.15) is 0 Å². The van der Waals surface area contributed by atoms with Crippen molar-refractivity contribution in [2.24, 2.45) is 0 Å². The van der Waals surface area contributed by atoms with Crippen LogP contribution in [0.3, 0.4) is 0 Å². The Hall–Kier alpha value is -0.110. The highest BCUT2D eigenvalue weighted by atomic mass is 19.1. The monoisotopic (exact) mass is 134 g/mol. The third kappa shape index (κ3) is 5.77. The van der Waals surface area contributed by atoms with Crippen molar-refractivity contribution in [1.29, 1.82) is 0 Å². The molecule has 0 aromatic carbocycles. The summed E-state index contributed by atoms with van der Waals surface area (Å²) in [5, 5.41) is 0. The summed E-state index contributed by atoms with van der Waals surface area (Å²) in [7, 11) is 0. The molecule has 0 saturated carbocycles. The Morgan fingerprint density at radius 3 is 2.67 bits per heavy atom. The summed E-state index contributed by atoms with van der Waals surface area (Å²) in [6, 6.07) is 0. The van der Waals surface area contributed by atoms with Crippen molar-refractivity contribution in [1.82, 2.24) is 0 Å². The lowest BCUT2D eigenvalue weighted by atomic mass is 10.3. The van der Waals surface area contributed by atoms with Crippen LogP contribution in [0.15, 0.2) is 0 Å². The molecule has 1 nitrogen and oxygen atoms in total. The quantitative estimate of drug-likeness (QED) is 0.523. The summed E-state index contributed by atoms with van der Waals surface area (Å²) in [5.41, 5.74) is 0. The zero-order chi connectivity index (χ0) is 7.11. The summed E-state index contributed by atoms with van der Waals surface area (Å²) in [6.45, 7) is 4.16. The molecule has 0 unspecified atom stereocenters. The molecule has 0 aliphatic heterocycles. The first-order valence-corrected chi connectivity index (χ1v) is 3.48. The van der Waals surface area contributed by atoms with Crippen LogP contribution in [-0.2, 0) is 4.74 Å². The largest absolute Gasteiger partial charge is 0.376 e. The zero-order valence-corrected chi connectivity index (χ0v) is 6.19. The second-order valence-corrected chi connectivity index (χ2v) is 2.19. The minimum Gasteiger partial charge on any atom is -0.376 e. The molecule has 56 valence electrons. The lowest BCUT2D eigenvalue weighted by Gasteiger charge is -2.06. The zero-order valence-electron chi connectivity index (χ0n) is 6.19. The van der Waals surface area contributed by atoms with Gasteiger partial charge in [0.25, 0.3) is 0 Å². The molecule has 0 saturated heterocycles. The number of hydrogen-bond donors (Lipinski definition) is 0. The molecule has 0 N–H and O–H groups in total. The van der Waals surface area contributed by atoms with E-state index in [4.69, 9.17) is 4.74 Å². The lowest BCUT2D eigenvalue weighted by molar-refractivity contribution is 0.0468. The molecule has 0 amide bonds. The molecule has 0 spiro atoms. The molecular formula is C7H15FO. The summed E-state index contributed by atoms with van der Waals surface area (Å²) >= 11 is 0. The van der Waals surface area contributed by atoms with Crippen LogP contribution in [0.4, 0.5) is 4.39 Å². The molecule has 0 heterocycles. The van der Waals surface area contributed by atoms with E-state index in [9.17, 15) is 4.39 Å². The molecule has 2 heteroatoms. The summed E-state index contributed by atoms with van der Waals surface area (Å²) < 4.78 is 16.7. The van der Waals surface area contributed by atoms with Crippen molar-refractivity contribution in [2.45, 2.75) is 32.8 Å². The Bertz CT molecular complexity index is 56.9. The Kier molecular flexibility index (Phi) is 5.94. The number of alkyl halides is 1. The molecule has 0 bridgehead atoms. The number of unbranched alkanes of at least 4 members (excludes halogenated alkanes) is 1. The number of hydrogen-bond acceptors (Lipinski definition) is 1. The van der Waals surface area contributed by atoms with Gasteiger partial charge in [0.05, 0.1) is 6.10 Å². The second kappa shape index (κ2) is 6.02. The SMILES string of the molecule is CCCCO[C@@H](C)CF. The van der Waals surface area contributed by atoms with Crippen LogP contribution in [0.2, 0.25) is 0 Å². The molecule has 0 aliphatic carbocycles. The number of rotatable bonds is 5. The molecule has 1 atom stereocenters. The maximum atomic E-state index is 11.7. The van der Waals surface area contributed by atoms with E-state index in [0.29, 0.717) is 6.61 Å². The molecule has 0 aromatic rings. The van der Waals surface area contributed by atoms with Crippen LogP contribution in [-0.4, -0.2) is 19.4 Å². The van der Waals surface area contributed by atoms with E-state index in [0.717, 1.165) is 12.8 Å². The first-order valence-electron chi connectivity index (χ1n) is 3.48. The highest BCUT2D eigenvalue weighted by Gasteiger charge is 1.97. The summed E-state index contributed by atoms with van der Waals surface area (Å²) in [5.74, 6) is 0. The van der Waals surface area contributed by atoms with Crippen LogP contribution in [0.1, 0.15) is 26.7 Å². The Morgan fingerprint density at radius 2 is 2.22 bits per heavy atom. The first-order chi connectivity index (χ1) is 4.31. The van der Waals surface area contributed by atoms with Crippen molar-refractivity contribution >= 4 is 0 Å². The topological polar surface area (TPSA) is 9.23 Å². The van der Waals surface area contributed by atoms with E-state index >= 15 is 0 Å². The average Bonchev–Trinajstić information content (AvgIpc) is 1.89. The normalized spacial score (nSPS) is 13.7. The maximum Gasteiger partial charge on any atom is 0.115 e. The lowest BCUT2D eigenvalue weighted by Crippen LogP contribution is -2.10. The standard InChI is InChI=1S/C7H15FO/c1-3-4-5-9-7(2)6-8/h7H,3-6H2,1-2H3/t7-/m0/s1. The molecular weight excluding hydrogens is 119 g/mol. The van der Waals surface area contributed by atoms with Gasteiger partial charge in [-0.15, -0.1) is 0 Å². The minimum absolute atomic E-state index is 0.212. The Morgan fingerprint density at radius 1 is 1.56 bits per heavy atom. The van der Waals surface area contributed by atoms with Crippen molar-refractivity contribution < 1.29 is 9.13 Å². The number of ether oxygens (including phenoxy) is 1. The van der Waals surface area contributed by atoms with Gasteiger partial charge in [-0.05, 0) is 13.3 Å². The molecule has 0 aliphatic rings. The average molecular weight is 134 g/mol. The molecule has 0 fully saturated rings. The fraction of sp³-hybridized carbons (Fsp3) is 1.00. The van der Waals surface area contributed by atoms with Gasteiger partial charge in [-0.3, -0.25) is 0 Å². The van der Waals surface area contributed by atoms with E-state index in [1.807, 2.05) is 0 Å². The van der Waals surface area contributed by atoms with Crippen LogP contribution >= 0.6 is 0 Å². The van der Waals surface area contributed by atoms with Gasteiger partial charge in [0, 0.05) is 6.61 Å². The van der Waals surface area contributed by atoms with Gasteiger partial charge in [-0.1, -0.05) is 13.3 Å². The van der Waals surface area contributed by atoms with Gasteiger partial charge in [0.2, 0.25) is 0 Å². The molecule has 0 aromatic heterocycles. The van der Waals surface area contributed by atoms with Crippen LogP contribution in [0.25, 0.3) is 0 Å². The predicted molar refractivity (Wildman–Crippen MR) is 36.3 cm³/mol. The highest BCUT2D eigenvalue weighted by molar-refractivity contribution is 4.44. The third-order valence-corrected chi connectivity index (χ3v) is 1.12. The highest BCUT2D eigenvalue weighted by Crippen LogP contribution is 1.94. The smallest absolute Gasteiger partial charge is 0.115 e. The fourth-order valence-electron chi connectivity index (χ4n) is 0.473. The predicted octanol–water partition coefficient (Wildman–Crippen LogP) is 2.16. The van der Waals surface area contributed by atoms with Crippen molar-refractivity contribution in [2.75, 3.05) is 13.3 Å². The third-order valence-electron chi connectivity index (χ3n) is 1.12. The molecule has 0 radical (unpaired) electrons. The van der Waals surface area contributed by atoms with Gasteiger partial charge in [-0.25, -0.2) is 4.39 Å². The second-order valence-electron chi connectivity index (χ2n) is 2.19. The van der Waals surface area contributed by atoms with Gasteiger partial charge in [0.1, 0.15) is 6.67 Å². The van der Waals surface area contributed by atoms with Gasteiger partial charge < -0.3 is 4.74 Å². The minimum atomic E-state index is -0.371. The van der Waals surface area contributed by atoms with E-state index < -0.39 is 0 Å². The van der Waals surface area contributed by atoms with E-state index in [-0.39, 0.29) is 12.8 Å². The van der Waals surface area contributed by atoms with Crippen LogP contribution in [0, 0.1) is 0 Å². The molecule has 0 rings (SSSR count). The van der Waals surface area contributed by atoms with E-state index in [2.05, 4.69) is 6.92 Å². The fourth-order valence-corrected chi connectivity index (χ4v) is 0.473. The van der Waals surface area contributed by atoms with Crippen molar-refractivity contribution in [3.8, 4) is 0 Å². The molecule has 9 heavy (non-hydrogen) atoms. The van der Waals surface area contributed by atoms with Gasteiger partial charge in [0.15, 0.2) is 0 Å². The Balaban J connectivity index is 2.88. The van der Waals surface area contributed by atoms with Crippen LogP contribution in [0.5, 0.6) is 0 Å². The summed E-state index contributed by atoms with van der Waals surface area (Å²) in [4.78, 5) is 0. The first kappa shape index (κ1) is 8.89.